The van der Waals surface area contributed by atoms with Crippen LogP contribution in [0.15, 0.2) is 62.2 Å². The molecule has 0 fully saturated rings. The number of halogens is 1. The molecule has 0 saturated carbocycles. The number of hydrogen-bond donors (Lipinski definition) is 1. The van der Waals surface area contributed by atoms with Gasteiger partial charge in [-0.25, -0.2) is 4.79 Å². The van der Waals surface area contributed by atoms with Crippen LogP contribution in [0.4, 0.5) is 17.1 Å². The lowest BCUT2D eigenvalue weighted by Gasteiger charge is -2.10. The third-order valence-corrected chi connectivity index (χ3v) is 3.80. The Bertz CT molecular complexity index is 936. The van der Waals surface area contributed by atoms with Gasteiger partial charge in [0.05, 0.1) is 10.6 Å². The van der Waals surface area contributed by atoms with Gasteiger partial charge in [0.25, 0.3) is 0 Å². The van der Waals surface area contributed by atoms with Crippen LogP contribution < -0.4 is 10.9 Å². The number of hydrogen-bond acceptors (Lipinski definition) is 5. The smallest absolute Gasteiger partial charge is 0.417 e. The summed E-state index contributed by atoms with van der Waals surface area (Å²) in [7, 11) is 0. The standard InChI is InChI=1S/C15H9BrN2O4/c16-10-6-2-3-7-11(10)17-13-9-5-1-4-8-12(9)22-15(19)14(13)18(20)21/h1-8,17H. The minimum absolute atomic E-state index is 0.115. The number of benzene rings is 2. The van der Waals surface area contributed by atoms with Crippen LogP contribution in [0, 0.1) is 10.1 Å². The zero-order valence-corrected chi connectivity index (χ0v) is 12.7. The van der Waals surface area contributed by atoms with Gasteiger partial charge in [-0.2, -0.15) is 0 Å². The summed E-state index contributed by atoms with van der Waals surface area (Å²) in [5.74, 6) is 0. The van der Waals surface area contributed by atoms with Gasteiger partial charge in [0.2, 0.25) is 0 Å². The molecule has 1 aromatic heterocycles. The summed E-state index contributed by atoms with van der Waals surface area (Å²) in [5.41, 5.74) is -0.592. The van der Waals surface area contributed by atoms with Gasteiger partial charge < -0.3 is 9.73 Å². The molecule has 0 spiro atoms. The Balaban J connectivity index is 2.30. The summed E-state index contributed by atoms with van der Waals surface area (Å²) in [6.07, 6.45) is 0. The topological polar surface area (TPSA) is 85.4 Å². The van der Waals surface area contributed by atoms with Crippen molar-refractivity contribution >= 4 is 44.0 Å². The maximum absolute atomic E-state index is 11.9. The zero-order chi connectivity index (χ0) is 15.7. The first-order valence-electron chi connectivity index (χ1n) is 6.29. The van der Waals surface area contributed by atoms with E-state index in [0.717, 1.165) is 4.47 Å². The van der Waals surface area contributed by atoms with Crippen LogP contribution >= 0.6 is 15.9 Å². The highest BCUT2D eigenvalue weighted by molar-refractivity contribution is 9.10. The van der Waals surface area contributed by atoms with Gasteiger partial charge in [0, 0.05) is 9.86 Å². The number of nitro groups is 1. The predicted octanol–water partition coefficient (Wildman–Crippen LogP) is 4.21. The van der Waals surface area contributed by atoms with Crippen molar-refractivity contribution in [2.24, 2.45) is 0 Å². The van der Waals surface area contributed by atoms with E-state index in [-0.39, 0.29) is 11.3 Å². The predicted molar refractivity (Wildman–Crippen MR) is 86.6 cm³/mol. The third kappa shape index (κ3) is 2.46. The molecule has 0 unspecified atom stereocenters. The maximum atomic E-state index is 11.9. The lowest BCUT2D eigenvalue weighted by molar-refractivity contribution is -0.386. The van der Waals surface area contributed by atoms with Gasteiger partial charge in [0.1, 0.15) is 11.3 Å². The van der Waals surface area contributed by atoms with E-state index in [0.29, 0.717) is 11.1 Å². The molecule has 1 N–H and O–H groups in total. The van der Waals surface area contributed by atoms with Crippen molar-refractivity contribution in [3.05, 3.63) is 73.5 Å². The van der Waals surface area contributed by atoms with Crippen molar-refractivity contribution in [3.8, 4) is 0 Å². The van der Waals surface area contributed by atoms with Gasteiger partial charge >= 0.3 is 11.3 Å². The molecule has 2 aromatic carbocycles. The molecule has 0 aliphatic rings. The molecule has 0 aliphatic heterocycles. The van der Waals surface area contributed by atoms with Crippen molar-refractivity contribution in [2.45, 2.75) is 0 Å². The summed E-state index contributed by atoms with van der Waals surface area (Å²) < 4.78 is 5.74. The number of nitrogens with zero attached hydrogens (tertiary/aromatic N) is 1. The highest BCUT2D eigenvalue weighted by atomic mass is 79.9. The SMILES string of the molecule is O=c1oc2ccccc2c(Nc2ccccc2Br)c1[N+](=O)[O-]. The van der Waals surface area contributed by atoms with Crippen LogP contribution in [-0.4, -0.2) is 4.92 Å². The molecule has 0 atom stereocenters. The van der Waals surface area contributed by atoms with E-state index in [1.807, 2.05) is 6.07 Å². The summed E-state index contributed by atoms with van der Waals surface area (Å²) in [6, 6.07) is 13.8. The fraction of sp³-hybridized carbons (Fsp3) is 0. The Labute approximate surface area is 132 Å². The first kappa shape index (κ1) is 14.3. The Morgan fingerprint density at radius 1 is 1.09 bits per heavy atom. The molecule has 22 heavy (non-hydrogen) atoms. The summed E-state index contributed by atoms with van der Waals surface area (Å²) in [5, 5.41) is 14.7. The highest BCUT2D eigenvalue weighted by Gasteiger charge is 2.25. The average Bonchev–Trinajstić information content (AvgIpc) is 2.49. The van der Waals surface area contributed by atoms with Gasteiger partial charge in [-0.15, -0.1) is 0 Å². The van der Waals surface area contributed by atoms with E-state index < -0.39 is 16.2 Å². The number of rotatable bonds is 3. The lowest BCUT2D eigenvalue weighted by Crippen LogP contribution is -2.10. The van der Waals surface area contributed by atoms with Crippen molar-refractivity contribution in [1.82, 2.24) is 0 Å². The first-order valence-corrected chi connectivity index (χ1v) is 7.09. The lowest BCUT2D eigenvalue weighted by atomic mass is 10.1. The zero-order valence-electron chi connectivity index (χ0n) is 11.1. The largest absolute Gasteiger partial charge is 0.418 e. The van der Waals surface area contributed by atoms with Crippen LogP contribution in [0.25, 0.3) is 11.0 Å². The summed E-state index contributed by atoms with van der Waals surface area (Å²) in [6.45, 7) is 0. The number of para-hydroxylation sites is 2. The Morgan fingerprint density at radius 3 is 2.50 bits per heavy atom. The molecule has 0 bridgehead atoms. The fourth-order valence-corrected chi connectivity index (χ4v) is 2.51. The van der Waals surface area contributed by atoms with Gasteiger partial charge in [-0.05, 0) is 40.2 Å². The molecule has 0 amide bonds. The van der Waals surface area contributed by atoms with Crippen LogP contribution in [0.5, 0.6) is 0 Å². The van der Waals surface area contributed by atoms with Crippen LogP contribution in [0.1, 0.15) is 0 Å². The minimum Gasteiger partial charge on any atom is -0.418 e. The normalized spacial score (nSPS) is 10.6. The average molecular weight is 361 g/mol. The summed E-state index contributed by atoms with van der Waals surface area (Å²) in [4.78, 5) is 22.4. The van der Waals surface area contributed by atoms with E-state index in [2.05, 4.69) is 21.2 Å². The van der Waals surface area contributed by atoms with Crippen molar-refractivity contribution < 1.29 is 9.34 Å². The Hall–Kier alpha value is -2.67. The molecular formula is C15H9BrN2O4. The van der Waals surface area contributed by atoms with Crippen LogP contribution in [0.2, 0.25) is 0 Å². The van der Waals surface area contributed by atoms with Gasteiger partial charge in [0.15, 0.2) is 0 Å². The second-order valence-electron chi connectivity index (χ2n) is 4.47. The van der Waals surface area contributed by atoms with E-state index in [9.17, 15) is 14.9 Å². The molecule has 3 rings (SSSR count). The van der Waals surface area contributed by atoms with Gasteiger partial charge in [-0.3, -0.25) is 10.1 Å². The monoisotopic (exact) mass is 360 g/mol. The second-order valence-corrected chi connectivity index (χ2v) is 5.33. The fourth-order valence-electron chi connectivity index (χ4n) is 2.13. The van der Waals surface area contributed by atoms with Crippen LogP contribution in [-0.2, 0) is 0 Å². The molecule has 0 saturated heterocycles. The van der Waals surface area contributed by atoms with E-state index in [1.165, 1.54) is 0 Å². The molecule has 0 aliphatic carbocycles. The van der Waals surface area contributed by atoms with Crippen molar-refractivity contribution in [1.29, 1.82) is 0 Å². The van der Waals surface area contributed by atoms with Crippen LogP contribution in [0.3, 0.4) is 0 Å². The van der Waals surface area contributed by atoms with Crippen molar-refractivity contribution in [2.75, 3.05) is 5.32 Å². The molecule has 1 heterocycles. The second kappa shape index (κ2) is 5.61. The molecule has 7 heteroatoms. The Kier molecular flexibility index (Phi) is 3.64. The number of nitrogens with one attached hydrogen (secondary N) is 1. The highest BCUT2D eigenvalue weighted by Crippen LogP contribution is 2.34. The number of anilines is 2. The van der Waals surface area contributed by atoms with E-state index in [1.54, 1.807) is 42.5 Å². The third-order valence-electron chi connectivity index (χ3n) is 3.11. The van der Waals surface area contributed by atoms with E-state index >= 15 is 0 Å². The molecule has 110 valence electrons. The Morgan fingerprint density at radius 2 is 1.77 bits per heavy atom. The quantitative estimate of drug-likeness (QED) is 0.429. The van der Waals surface area contributed by atoms with Crippen molar-refractivity contribution in [3.63, 3.8) is 0 Å². The van der Waals surface area contributed by atoms with Gasteiger partial charge in [-0.1, -0.05) is 24.3 Å². The molecule has 6 nitrogen and oxygen atoms in total. The first-order chi connectivity index (χ1) is 10.6. The molecule has 0 radical (unpaired) electrons. The number of fused-ring (bicyclic) bond motifs is 1. The maximum Gasteiger partial charge on any atom is 0.417 e. The minimum atomic E-state index is -0.988. The summed E-state index contributed by atoms with van der Waals surface area (Å²) >= 11 is 3.36. The molecule has 3 aromatic rings. The molecular weight excluding hydrogens is 352 g/mol. The van der Waals surface area contributed by atoms with E-state index in [4.69, 9.17) is 4.42 Å².